The Kier molecular flexibility index (Phi) is 4.56. The van der Waals surface area contributed by atoms with Crippen LogP contribution in [0.25, 0.3) is 0 Å². The smallest absolute Gasteiger partial charge is 0.266 e. The largest absolute Gasteiger partial charge is 0.507 e. The minimum Gasteiger partial charge on any atom is -0.507 e. The van der Waals surface area contributed by atoms with Crippen LogP contribution in [-0.2, 0) is 19.7 Å². The van der Waals surface area contributed by atoms with Crippen LogP contribution < -0.4 is 10.6 Å². The van der Waals surface area contributed by atoms with E-state index in [9.17, 15) is 18.3 Å². The van der Waals surface area contributed by atoms with Crippen molar-refractivity contribution in [2.75, 3.05) is 13.7 Å². The van der Waals surface area contributed by atoms with Gasteiger partial charge in [0.2, 0.25) is 4.38 Å². The third-order valence-corrected chi connectivity index (χ3v) is 4.06. The molecule has 1 rings (SSSR count). The molecule has 18 heavy (non-hydrogen) atoms. The molecule has 0 aromatic heterocycles. The summed E-state index contributed by atoms with van der Waals surface area (Å²) in [5, 5.41) is 19.4. The van der Waals surface area contributed by atoms with Crippen LogP contribution in [0.1, 0.15) is 6.92 Å². The van der Waals surface area contributed by atoms with Crippen LogP contribution in [0, 0.1) is 0 Å². The lowest BCUT2D eigenvalue weighted by Gasteiger charge is -2.09. The molecule has 11 heteroatoms. The van der Waals surface area contributed by atoms with E-state index in [2.05, 4.69) is 15.4 Å². The number of hydrogen-bond donors (Lipinski definition) is 2. The fraction of sp³-hybridized carbons (Fsp3) is 0.429. The molecule has 0 unspecified atom stereocenters. The summed E-state index contributed by atoms with van der Waals surface area (Å²) in [4.78, 5) is 15.0. The molecule has 9 nitrogen and oxygen atoms in total. The Labute approximate surface area is 108 Å². The highest BCUT2D eigenvalue weighted by molar-refractivity contribution is 8.36. The molecule has 1 radical (unpaired) electrons. The number of rotatable bonds is 3. The number of amides is 1. The molecule has 0 spiro atoms. The van der Waals surface area contributed by atoms with E-state index in [4.69, 9.17) is 5.14 Å². The van der Waals surface area contributed by atoms with Gasteiger partial charge in [-0.3, -0.25) is 9.80 Å². The van der Waals surface area contributed by atoms with Crippen molar-refractivity contribution in [1.29, 1.82) is 0 Å². The normalized spacial score (nSPS) is 18.6. The minimum absolute atomic E-state index is 0.137. The molecule has 0 bridgehead atoms. The molecule has 0 aliphatic carbocycles. The predicted molar refractivity (Wildman–Crippen MR) is 64.3 cm³/mol. The van der Waals surface area contributed by atoms with Crippen molar-refractivity contribution in [2.24, 2.45) is 10.2 Å². The molecule has 3 N–H and O–H groups in total. The fourth-order valence-electron chi connectivity index (χ4n) is 0.944. The first kappa shape index (κ1) is 14.8. The average molecular weight is 295 g/mol. The second kappa shape index (κ2) is 5.56. The Bertz CT molecular complexity index is 512. The van der Waals surface area contributed by atoms with Crippen LogP contribution in [0.15, 0.2) is 15.9 Å². The third-order valence-electron chi connectivity index (χ3n) is 1.59. The van der Waals surface area contributed by atoms with Gasteiger partial charge >= 0.3 is 0 Å². The van der Waals surface area contributed by atoms with Crippen LogP contribution in [0.3, 0.4) is 0 Å². The molecule has 0 saturated carbocycles. The maximum absolute atomic E-state index is 11.1. The first-order chi connectivity index (χ1) is 8.21. The van der Waals surface area contributed by atoms with Crippen molar-refractivity contribution in [1.82, 2.24) is 10.5 Å². The van der Waals surface area contributed by atoms with Crippen LogP contribution in [0.4, 0.5) is 0 Å². The number of hydroxylamine groups is 1. The summed E-state index contributed by atoms with van der Waals surface area (Å²) in [6, 6.07) is 0. The summed E-state index contributed by atoms with van der Waals surface area (Å²) in [5.74, 6) is -0.864. The van der Waals surface area contributed by atoms with E-state index >= 15 is 0 Å². The van der Waals surface area contributed by atoms with Gasteiger partial charge in [0.15, 0.2) is 5.76 Å². The Morgan fingerprint density at radius 1 is 1.67 bits per heavy atom. The van der Waals surface area contributed by atoms with Gasteiger partial charge in [-0.1, -0.05) is 5.48 Å². The molecule has 0 aromatic rings. The van der Waals surface area contributed by atoms with E-state index in [1.54, 1.807) is 0 Å². The van der Waals surface area contributed by atoms with Crippen molar-refractivity contribution >= 4 is 32.1 Å². The zero-order chi connectivity index (χ0) is 13.9. The van der Waals surface area contributed by atoms with E-state index in [-0.39, 0.29) is 21.8 Å². The van der Waals surface area contributed by atoms with Gasteiger partial charge in [0.1, 0.15) is 11.6 Å². The number of nitrogens with zero attached hydrogens (tertiary/aromatic N) is 3. The van der Waals surface area contributed by atoms with E-state index in [0.717, 1.165) is 5.01 Å². The highest BCUT2D eigenvalue weighted by atomic mass is 32.3. The number of nitrogens with two attached hydrogens (primary N) is 1. The van der Waals surface area contributed by atoms with Crippen LogP contribution in [0.5, 0.6) is 0 Å². The Hall–Kier alpha value is -1.30. The van der Waals surface area contributed by atoms with E-state index < -0.39 is 15.9 Å². The Balaban J connectivity index is 2.72. The second-order valence-electron chi connectivity index (χ2n) is 3.17. The Morgan fingerprint density at radius 2 is 2.28 bits per heavy atom. The monoisotopic (exact) mass is 295 g/mol. The zero-order valence-electron chi connectivity index (χ0n) is 9.52. The fourth-order valence-corrected chi connectivity index (χ4v) is 2.56. The number of carbonyl (C=O) groups excluding carboxylic acids is 1. The van der Waals surface area contributed by atoms with E-state index in [1.165, 1.54) is 14.0 Å². The summed E-state index contributed by atoms with van der Waals surface area (Å²) in [7, 11) is -2.50. The summed E-state index contributed by atoms with van der Waals surface area (Å²) < 4.78 is 21.8. The molecule has 1 aliphatic heterocycles. The average Bonchev–Trinajstić information content (AvgIpc) is 2.59. The summed E-state index contributed by atoms with van der Waals surface area (Å²) >= 11 is 0.679. The highest BCUT2D eigenvalue weighted by Gasteiger charge is 2.29. The third kappa shape index (κ3) is 3.87. The number of hydrogen-bond acceptors (Lipinski definition) is 8. The lowest BCUT2D eigenvalue weighted by molar-refractivity contribution is -0.132. The first-order valence-electron chi connectivity index (χ1n) is 4.50. The minimum atomic E-state index is -3.93. The number of aliphatic hydroxyl groups excluding tert-OH is 1. The number of carbonyl (C=O) groups is 1. The van der Waals surface area contributed by atoms with Crippen LogP contribution in [-0.4, -0.2) is 42.5 Å². The van der Waals surface area contributed by atoms with Crippen molar-refractivity contribution in [2.45, 2.75) is 6.92 Å². The predicted octanol–water partition coefficient (Wildman–Crippen LogP) is -0.966. The first-order valence-corrected chi connectivity index (χ1v) is 6.86. The molecular weight excluding hydrogens is 284 g/mol. The molecule has 1 heterocycles. The summed E-state index contributed by atoms with van der Waals surface area (Å²) in [5.41, 5.74) is 3.09. The van der Waals surface area contributed by atoms with Crippen molar-refractivity contribution in [3.05, 3.63) is 10.8 Å². The van der Waals surface area contributed by atoms with Crippen molar-refractivity contribution < 1.29 is 23.2 Å². The maximum atomic E-state index is 11.1. The van der Waals surface area contributed by atoms with Gasteiger partial charge in [0.05, 0.1) is 0 Å². The van der Waals surface area contributed by atoms with Crippen LogP contribution in [0.2, 0.25) is 0 Å². The number of thioether (sulfide) groups is 1. The standard InChI is InChI=1S/C7H11N4O5S2/c1-4(12)10-16-3-5(13)6-11(2)9-7(17-6)18(8,14)15/h13H,3H2,1-2H3,(H2,8,14,15). The van der Waals surface area contributed by atoms with Gasteiger partial charge in [-0.25, -0.2) is 18.4 Å². The number of sulfonamides is 1. The number of hydrazone groups is 1. The molecule has 0 aromatic carbocycles. The molecule has 101 valence electrons. The SMILES string of the molecule is CC(=O)[N]OCC(O)=C1SC(S(N)(=O)=O)=NN1C. The second-order valence-corrected chi connectivity index (χ2v) is 5.88. The summed E-state index contributed by atoms with van der Waals surface area (Å²) in [6.45, 7) is 0.808. The molecule has 1 amide bonds. The van der Waals surface area contributed by atoms with Gasteiger partial charge in [0.25, 0.3) is 15.9 Å². The van der Waals surface area contributed by atoms with Crippen molar-refractivity contribution in [3.8, 4) is 0 Å². The highest BCUT2D eigenvalue weighted by Crippen LogP contribution is 2.31. The molecular formula is C7H11N4O5S2. The zero-order valence-corrected chi connectivity index (χ0v) is 11.2. The quantitative estimate of drug-likeness (QED) is 0.505. The molecule has 0 atom stereocenters. The Morgan fingerprint density at radius 3 is 2.72 bits per heavy atom. The topological polar surface area (TPSA) is 136 Å². The lowest BCUT2D eigenvalue weighted by Crippen LogP contribution is -2.19. The van der Waals surface area contributed by atoms with Crippen molar-refractivity contribution in [3.63, 3.8) is 0 Å². The summed E-state index contributed by atoms with van der Waals surface area (Å²) in [6.07, 6.45) is 0. The van der Waals surface area contributed by atoms with Gasteiger partial charge in [0, 0.05) is 14.0 Å². The molecule has 0 fully saturated rings. The van der Waals surface area contributed by atoms with Gasteiger partial charge in [-0.05, 0) is 11.8 Å². The van der Waals surface area contributed by atoms with Crippen LogP contribution >= 0.6 is 11.8 Å². The van der Waals surface area contributed by atoms with E-state index in [0.29, 0.717) is 11.8 Å². The van der Waals surface area contributed by atoms with E-state index in [1.807, 2.05) is 0 Å². The maximum Gasteiger partial charge on any atom is 0.266 e. The van der Waals surface area contributed by atoms with Gasteiger partial charge in [-0.2, -0.15) is 5.10 Å². The molecule has 1 aliphatic rings. The number of aliphatic hydroxyl groups is 1. The lowest BCUT2D eigenvalue weighted by atomic mass is 10.5. The number of primary sulfonamides is 1. The van der Waals surface area contributed by atoms with Gasteiger partial charge in [-0.15, -0.1) is 0 Å². The molecule has 0 saturated heterocycles. The van der Waals surface area contributed by atoms with Gasteiger partial charge < -0.3 is 5.11 Å².